The lowest BCUT2D eigenvalue weighted by molar-refractivity contribution is -0.0881. The van der Waals surface area contributed by atoms with Crippen molar-refractivity contribution in [1.29, 1.82) is 0 Å². The summed E-state index contributed by atoms with van der Waals surface area (Å²) in [5.41, 5.74) is 1.52. The summed E-state index contributed by atoms with van der Waals surface area (Å²) in [5.74, 6) is 1.29. The molecule has 4 aliphatic heterocycles. The molecular weight excluding hydrogens is 312 g/mol. The van der Waals surface area contributed by atoms with Gasteiger partial charge in [-0.15, -0.1) is 0 Å². The maximum atomic E-state index is 12.5. The first-order valence-corrected chi connectivity index (χ1v) is 9.02. The number of carbonyl (C=O) groups excluding carboxylic acids is 1. The van der Waals surface area contributed by atoms with Crippen molar-refractivity contribution in [2.24, 2.45) is 5.92 Å². The Bertz CT molecular complexity index is 733. The second-order valence-corrected chi connectivity index (χ2v) is 7.53. The van der Waals surface area contributed by atoms with E-state index in [-0.39, 0.29) is 11.7 Å². The molecule has 0 aromatic carbocycles. The van der Waals surface area contributed by atoms with Crippen LogP contribution in [0.1, 0.15) is 12.8 Å². The molecule has 2 bridgehead atoms. The van der Waals surface area contributed by atoms with Gasteiger partial charge in [-0.2, -0.15) is 11.3 Å². The highest BCUT2D eigenvalue weighted by molar-refractivity contribution is 7.08. The van der Waals surface area contributed by atoms with E-state index in [4.69, 9.17) is 9.15 Å². The number of ether oxygens (including phenoxy) is 1. The number of piperidine rings is 3. The van der Waals surface area contributed by atoms with Crippen LogP contribution in [0.5, 0.6) is 0 Å². The van der Waals surface area contributed by atoms with Gasteiger partial charge in [-0.3, -0.25) is 9.80 Å². The molecule has 2 aromatic heterocycles. The van der Waals surface area contributed by atoms with E-state index in [0.29, 0.717) is 12.5 Å². The number of furan rings is 1. The van der Waals surface area contributed by atoms with Crippen molar-refractivity contribution in [1.82, 2.24) is 4.90 Å². The fourth-order valence-corrected chi connectivity index (χ4v) is 4.88. The lowest BCUT2D eigenvalue weighted by Gasteiger charge is -2.49. The molecule has 1 amide bonds. The Morgan fingerprint density at radius 2 is 2.13 bits per heavy atom. The van der Waals surface area contributed by atoms with Crippen LogP contribution in [0.15, 0.2) is 33.6 Å². The summed E-state index contributed by atoms with van der Waals surface area (Å²) in [6, 6.07) is 3.95. The summed E-state index contributed by atoms with van der Waals surface area (Å²) < 4.78 is 11.6. The average molecular weight is 330 g/mol. The van der Waals surface area contributed by atoms with Gasteiger partial charge in [0.25, 0.3) is 0 Å². The quantitative estimate of drug-likeness (QED) is 0.846. The monoisotopic (exact) mass is 330 g/mol. The van der Waals surface area contributed by atoms with E-state index in [0.717, 1.165) is 49.5 Å². The van der Waals surface area contributed by atoms with E-state index in [9.17, 15) is 4.79 Å². The second-order valence-electron chi connectivity index (χ2n) is 6.75. The van der Waals surface area contributed by atoms with Crippen molar-refractivity contribution in [3.8, 4) is 11.3 Å². The van der Waals surface area contributed by atoms with E-state index in [1.165, 1.54) is 0 Å². The molecule has 0 saturated carbocycles. The molecule has 0 aliphatic carbocycles. The second kappa shape index (κ2) is 4.85. The van der Waals surface area contributed by atoms with Crippen LogP contribution in [0.4, 0.5) is 10.5 Å². The molecule has 0 unspecified atom stereocenters. The van der Waals surface area contributed by atoms with Crippen molar-refractivity contribution >= 4 is 23.1 Å². The van der Waals surface area contributed by atoms with Crippen LogP contribution in [0.25, 0.3) is 11.3 Å². The predicted molar refractivity (Wildman–Crippen MR) is 87.7 cm³/mol. The highest BCUT2D eigenvalue weighted by Gasteiger charge is 2.55. The number of nitrogens with zero attached hydrogens (tertiary/aromatic N) is 2. The van der Waals surface area contributed by atoms with Crippen LogP contribution in [-0.2, 0) is 4.74 Å². The molecule has 4 saturated heterocycles. The number of hydrogen-bond donors (Lipinski definition) is 0. The third-order valence-electron chi connectivity index (χ3n) is 5.46. The third-order valence-corrected chi connectivity index (χ3v) is 6.15. The molecule has 2 aromatic rings. The molecule has 0 N–H and O–H groups in total. The van der Waals surface area contributed by atoms with Gasteiger partial charge >= 0.3 is 6.09 Å². The Balaban J connectivity index is 1.43. The number of fused-ring (bicyclic) bond motifs is 2. The molecule has 6 heterocycles. The van der Waals surface area contributed by atoms with Crippen LogP contribution in [0, 0.1) is 5.92 Å². The van der Waals surface area contributed by atoms with Gasteiger partial charge in [0.2, 0.25) is 0 Å². The van der Waals surface area contributed by atoms with Gasteiger partial charge in [0.05, 0.1) is 12.2 Å². The number of thiophene rings is 1. The highest BCUT2D eigenvalue weighted by atomic mass is 32.1. The molecule has 120 valence electrons. The summed E-state index contributed by atoms with van der Waals surface area (Å²) in [7, 11) is 0. The fourth-order valence-electron chi connectivity index (χ4n) is 4.23. The van der Waals surface area contributed by atoms with Crippen molar-refractivity contribution in [3.63, 3.8) is 0 Å². The largest absolute Gasteiger partial charge is 0.462 e. The zero-order valence-corrected chi connectivity index (χ0v) is 13.6. The molecule has 23 heavy (non-hydrogen) atoms. The number of amides is 1. The molecule has 1 spiro atoms. The maximum absolute atomic E-state index is 12.5. The number of carbonyl (C=O) groups is 1. The number of rotatable bonds is 2. The molecule has 4 fully saturated rings. The van der Waals surface area contributed by atoms with Crippen molar-refractivity contribution in [3.05, 3.63) is 29.2 Å². The first-order chi connectivity index (χ1) is 11.2. The Morgan fingerprint density at radius 1 is 1.26 bits per heavy atom. The zero-order valence-electron chi connectivity index (χ0n) is 12.7. The van der Waals surface area contributed by atoms with Crippen molar-refractivity contribution in [2.45, 2.75) is 18.4 Å². The first kappa shape index (κ1) is 13.6. The van der Waals surface area contributed by atoms with Gasteiger partial charge < -0.3 is 9.15 Å². The number of hydrogen-bond acceptors (Lipinski definition) is 5. The minimum absolute atomic E-state index is 0.239. The van der Waals surface area contributed by atoms with Crippen LogP contribution >= 0.6 is 11.3 Å². The average Bonchev–Trinajstić information content (AvgIpc) is 3.28. The fraction of sp³-hybridized carbons (Fsp3) is 0.471. The summed E-state index contributed by atoms with van der Waals surface area (Å²) in [6.07, 6.45) is 3.69. The van der Waals surface area contributed by atoms with E-state index in [1.807, 2.05) is 22.9 Å². The van der Waals surface area contributed by atoms with Crippen molar-refractivity contribution < 1.29 is 13.9 Å². The molecule has 4 aliphatic rings. The van der Waals surface area contributed by atoms with Crippen molar-refractivity contribution in [2.75, 3.05) is 31.1 Å². The maximum Gasteiger partial charge on any atom is 0.415 e. The number of anilines is 1. The predicted octanol–water partition coefficient (Wildman–Crippen LogP) is 3.43. The van der Waals surface area contributed by atoms with Gasteiger partial charge in [-0.1, -0.05) is 0 Å². The lowest BCUT2D eigenvalue weighted by Crippen LogP contribution is -2.61. The van der Waals surface area contributed by atoms with Crippen LogP contribution in [0.2, 0.25) is 0 Å². The van der Waals surface area contributed by atoms with E-state index in [1.54, 1.807) is 22.5 Å². The van der Waals surface area contributed by atoms with Crippen LogP contribution < -0.4 is 4.90 Å². The summed E-state index contributed by atoms with van der Waals surface area (Å²) in [5, 5.41) is 4.06. The van der Waals surface area contributed by atoms with Gasteiger partial charge in [-0.05, 0) is 37.4 Å². The van der Waals surface area contributed by atoms with Gasteiger partial charge in [0, 0.05) is 29.5 Å². The molecule has 5 nitrogen and oxygen atoms in total. The zero-order chi connectivity index (χ0) is 15.4. The standard InChI is InChI=1S/C17H18N2O3S/c20-16-19(14-7-15(21-8-14)12-3-6-23-9-12)11-17(22-16)10-18-4-1-13(17)2-5-18/h3,6-9,13H,1-2,4-5,10-11H2/t17-/m1/s1. The summed E-state index contributed by atoms with van der Waals surface area (Å²) in [4.78, 5) is 16.6. The highest BCUT2D eigenvalue weighted by Crippen LogP contribution is 2.43. The first-order valence-electron chi connectivity index (χ1n) is 8.07. The molecule has 0 radical (unpaired) electrons. The third kappa shape index (κ3) is 2.05. The van der Waals surface area contributed by atoms with Gasteiger partial charge in [-0.25, -0.2) is 4.79 Å². The van der Waals surface area contributed by atoms with E-state index >= 15 is 0 Å². The topological polar surface area (TPSA) is 45.9 Å². The van der Waals surface area contributed by atoms with E-state index < -0.39 is 0 Å². The SMILES string of the molecule is O=C1O[C@]2(CN3CCC2CC3)CN1c1coc(-c2ccsc2)c1. The Morgan fingerprint density at radius 3 is 2.83 bits per heavy atom. The van der Waals surface area contributed by atoms with Crippen LogP contribution in [-0.4, -0.2) is 42.8 Å². The molecule has 1 atom stereocenters. The molecular formula is C17H18N2O3S. The minimum atomic E-state index is -0.326. The Kier molecular flexibility index (Phi) is 2.87. The Labute approximate surface area is 138 Å². The van der Waals surface area contributed by atoms with Gasteiger partial charge in [0.15, 0.2) is 0 Å². The molecule has 6 heteroatoms. The lowest BCUT2D eigenvalue weighted by atomic mass is 9.75. The Hall–Kier alpha value is -1.79. The van der Waals surface area contributed by atoms with Crippen LogP contribution in [0.3, 0.4) is 0 Å². The van der Waals surface area contributed by atoms with Gasteiger partial charge in [0.1, 0.15) is 17.6 Å². The normalized spacial score (nSPS) is 32.7. The molecule has 6 rings (SSSR count). The van der Waals surface area contributed by atoms with E-state index in [2.05, 4.69) is 4.90 Å². The summed E-state index contributed by atoms with van der Waals surface area (Å²) in [6.45, 7) is 3.78. The summed E-state index contributed by atoms with van der Waals surface area (Å²) >= 11 is 1.63. The minimum Gasteiger partial charge on any atom is -0.462 e. The smallest absolute Gasteiger partial charge is 0.415 e.